The highest BCUT2D eigenvalue weighted by Crippen LogP contribution is 2.34. The number of ketones is 1. The van der Waals surface area contributed by atoms with Gasteiger partial charge >= 0.3 is 0 Å². The number of para-hydroxylation sites is 1. The summed E-state index contributed by atoms with van der Waals surface area (Å²) in [6, 6.07) is 11.0. The number of rotatable bonds is 2. The van der Waals surface area contributed by atoms with Gasteiger partial charge in [0.1, 0.15) is 0 Å². The number of hydrogen-bond donors (Lipinski definition) is 0. The Kier molecular flexibility index (Phi) is 4.69. The van der Waals surface area contributed by atoms with Crippen LogP contribution in [0.4, 0.5) is 10.5 Å². The molecule has 0 aliphatic carbocycles. The van der Waals surface area contributed by atoms with E-state index in [4.69, 9.17) is 34.8 Å². The molecule has 1 radical (unpaired) electrons. The summed E-state index contributed by atoms with van der Waals surface area (Å²) in [5.74, 6) is -0.690. The molecule has 1 aromatic heterocycles. The van der Waals surface area contributed by atoms with Crippen LogP contribution in [-0.4, -0.2) is 27.2 Å². The number of benzene rings is 1. The van der Waals surface area contributed by atoms with E-state index in [0.717, 1.165) is 16.9 Å². The first-order valence-electron chi connectivity index (χ1n) is 7.31. The number of anilines is 1. The van der Waals surface area contributed by atoms with Crippen LogP contribution < -0.4 is 4.90 Å². The minimum absolute atomic E-state index is 0.105. The highest BCUT2D eigenvalue weighted by molar-refractivity contribution is 6.77. The fourth-order valence-corrected chi connectivity index (χ4v) is 3.15. The van der Waals surface area contributed by atoms with Crippen molar-refractivity contribution in [3.8, 4) is 0 Å². The molecule has 1 aliphatic heterocycles. The second-order valence-corrected chi connectivity index (χ2v) is 7.75. The predicted octanol–water partition coefficient (Wildman–Crippen LogP) is 4.28. The molecule has 0 saturated carbocycles. The van der Waals surface area contributed by atoms with Crippen molar-refractivity contribution in [3.05, 3.63) is 53.3 Å². The quantitative estimate of drug-likeness (QED) is 0.442. The molecule has 1 aliphatic rings. The Morgan fingerprint density at radius 1 is 1.08 bits per heavy atom. The van der Waals surface area contributed by atoms with Gasteiger partial charge in [0.15, 0.2) is 5.81 Å². The molecule has 2 heterocycles. The van der Waals surface area contributed by atoms with Crippen molar-refractivity contribution in [2.45, 2.75) is 23.7 Å². The average Bonchev–Trinajstić information content (AvgIpc) is 2.85. The van der Waals surface area contributed by atoms with Crippen LogP contribution in [-0.2, 0) is 13.1 Å². The monoisotopic (exact) mass is 381 g/mol. The summed E-state index contributed by atoms with van der Waals surface area (Å²) in [6.07, 6.45) is 0. The predicted molar refractivity (Wildman–Crippen MR) is 97.8 cm³/mol. The first kappa shape index (κ1) is 17.4. The molecule has 0 bridgehead atoms. The van der Waals surface area contributed by atoms with E-state index in [9.17, 15) is 9.59 Å². The second kappa shape index (κ2) is 6.47. The van der Waals surface area contributed by atoms with Crippen molar-refractivity contribution in [3.63, 3.8) is 0 Å². The fourth-order valence-electron chi connectivity index (χ4n) is 2.86. The summed E-state index contributed by atoms with van der Waals surface area (Å²) >= 11 is 17.3. The Morgan fingerprint density at radius 3 is 2.46 bits per heavy atom. The molecule has 1 aromatic carbocycles. The first-order chi connectivity index (χ1) is 11.3. The van der Waals surface area contributed by atoms with Crippen LogP contribution in [0, 0.1) is 0 Å². The van der Waals surface area contributed by atoms with Crippen molar-refractivity contribution < 1.29 is 9.59 Å². The summed E-state index contributed by atoms with van der Waals surface area (Å²) in [6.45, 7) is 2.47. The number of nitrogens with zero attached hydrogens (tertiary/aromatic N) is 2. The summed E-state index contributed by atoms with van der Waals surface area (Å²) < 4.78 is -0.223. The number of aromatic nitrogens is 1. The molecular formula is C16H13BCl3N2O2. The number of carbonyl (C=O) groups excluding carboxylic acids is 2. The number of halogens is 3. The summed E-state index contributed by atoms with van der Waals surface area (Å²) in [5, 5.41) is 0. The Morgan fingerprint density at radius 2 is 1.79 bits per heavy atom. The van der Waals surface area contributed by atoms with Crippen LogP contribution in [0.5, 0.6) is 0 Å². The molecule has 0 spiro atoms. The number of carbonyl (C=O) groups is 2. The maximum Gasteiger partial charge on any atom is 0.255 e. The lowest BCUT2D eigenvalue weighted by Crippen LogP contribution is -2.32. The van der Waals surface area contributed by atoms with Gasteiger partial charge in [0.05, 0.1) is 18.8 Å². The molecule has 0 unspecified atom stereocenters. The standard InChI is InChI=1S/C16H13BCl3N2O2/c1-17-15(24)22-9-11-6-7-13(14(23)16(18,19)20)21(11)8-10-4-2-3-5-12(10)22/h2-7H,8-9H2,1H3. The van der Waals surface area contributed by atoms with Crippen LogP contribution in [0.15, 0.2) is 36.4 Å². The van der Waals surface area contributed by atoms with E-state index in [2.05, 4.69) is 0 Å². The van der Waals surface area contributed by atoms with Gasteiger partial charge < -0.3 is 9.47 Å². The van der Waals surface area contributed by atoms with E-state index >= 15 is 0 Å². The Labute approximate surface area is 155 Å². The van der Waals surface area contributed by atoms with E-state index in [0.29, 0.717) is 18.8 Å². The molecule has 123 valence electrons. The maximum absolute atomic E-state index is 12.4. The number of Topliss-reactive ketones (excluding diaryl/α,β-unsaturated/α-hetero) is 1. The minimum atomic E-state index is -2.02. The molecule has 0 fully saturated rings. The molecule has 24 heavy (non-hydrogen) atoms. The molecule has 0 N–H and O–H groups in total. The van der Waals surface area contributed by atoms with E-state index in [1.165, 1.54) is 7.28 Å². The fraction of sp³-hybridized carbons (Fsp3) is 0.250. The molecule has 0 saturated heterocycles. The summed E-state index contributed by atoms with van der Waals surface area (Å²) in [5.41, 5.74) is 2.85. The van der Waals surface area contributed by atoms with Crippen molar-refractivity contribution in [1.29, 1.82) is 0 Å². The third kappa shape index (κ3) is 3.08. The van der Waals surface area contributed by atoms with Crippen LogP contribution >= 0.6 is 34.8 Å². The van der Waals surface area contributed by atoms with Gasteiger partial charge in [-0.3, -0.25) is 9.59 Å². The highest BCUT2D eigenvalue weighted by atomic mass is 35.6. The number of hydrogen-bond acceptors (Lipinski definition) is 2. The van der Waals surface area contributed by atoms with Gasteiger partial charge in [-0.05, 0) is 23.8 Å². The Balaban J connectivity index is 2.12. The number of amides is 1. The normalized spacial score (nSPS) is 13.8. The average molecular weight is 382 g/mol. The van der Waals surface area contributed by atoms with E-state index < -0.39 is 9.58 Å². The lowest BCUT2D eigenvalue weighted by molar-refractivity contribution is 0.0987. The van der Waals surface area contributed by atoms with E-state index in [1.54, 1.807) is 28.4 Å². The smallest absolute Gasteiger partial charge is 0.255 e. The molecule has 1 amide bonds. The number of fused-ring (bicyclic) bond motifs is 2. The number of alkyl halides is 3. The highest BCUT2D eigenvalue weighted by Gasteiger charge is 2.35. The molecule has 3 rings (SSSR count). The zero-order valence-corrected chi connectivity index (χ0v) is 15.1. The zero-order valence-electron chi connectivity index (χ0n) is 12.8. The summed E-state index contributed by atoms with van der Waals surface area (Å²) in [4.78, 5) is 26.4. The van der Waals surface area contributed by atoms with Gasteiger partial charge in [-0.15, -0.1) is 0 Å². The van der Waals surface area contributed by atoms with Crippen molar-refractivity contribution >= 4 is 59.4 Å². The molecule has 8 heteroatoms. The molecular weight excluding hydrogens is 369 g/mol. The van der Waals surface area contributed by atoms with Gasteiger partial charge in [0.25, 0.3) is 3.79 Å². The molecule has 4 nitrogen and oxygen atoms in total. The molecule has 2 aromatic rings. The molecule has 0 atom stereocenters. The lowest BCUT2D eigenvalue weighted by atomic mass is 9.80. The van der Waals surface area contributed by atoms with Gasteiger partial charge in [0.2, 0.25) is 13.1 Å². The second-order valence-electron chi connectivity index (χ2n) is 5.46. The van der Waals surface area contributed by atoms with E-state index in [-0.39, 0.29) is 5.81 Å². The third-order valence-corrected chi connectivity index (χ3v) is 4.52. The van der Waals surface area contributed by atoms with Crippen molar-refractivity contribution in [2.24, 2.45) is 0 Å². The lowest BCUT2D eigenvalue weighted by Gasteiger charge is -2.22. The maximum atomic E-state index is 12.4. The SMILES string of the molecule is C[B]C(=O)N1Cc2ccc(C(=O)C(Cl)(Cl)Cl)n2Cc2ccccc21. The van der Waals surface area contributed by atoms with Crippen molar-refractivity contribution in [1.82, 2.24) is 4.57 Å². The first-order valence-corrected chi connectivity index (χ1v) is 8.45. The zero-order chi connectivity index (χ0) is 17.5. The summed E-state index contributed by atoms with van der Waals surface area (Å²) in [7, 11) is 1.52. The Hall–Kier alpha value is -1.43. The largest absolute Gasteiger partial charge is 0.336 e. The van der Waals surface area contributed by atoms with Crippen LogP contribution in [0.1, 0.15) is 21.7 Å². The van der Waals surface area contributed by atoms with Gasteiger partial charge in [-0.1, -0.05) is 59.8 Å². The van der Waals surface area contributed by atoms with Crippen molar-refractivity contribution in [2.75, 3.05) is 4.90 Å². The topological polar surface area (TPSA) is 42.3 Å². The van der Waals surface area contributed by atoms with Crippen LogP contribution in [0.3, 0.4) is 0 Å². The van der Waals surface area contributed by atoms with Crippen LogP contribution in [0.2, 0.25) is 6.82 Å². The van der Waals surface area contributed by atoms with Crippen LogP contribution in [0.25, 0.3) is 0 Å². The van der Waals surface area contributed by atoms with Gasteiger partial charge in [-0.25, -0.2) is 0 Å². The van der Waals surface area contributed by atoms with Gasteiger partial charge in [0, 0.05) is 11.4 Å². The van der Waals surface area contributed by atoms with E-state index in [1.807, 2.05) is 24.3 Å². The van der Waals surface area contributed by atoms with Gasteiger partial charge in [-0.2, -0.15) is 0 Å². The Bertz CT molecular complexity index is 814. The minimum Gasteiger partial charge on any atom is -0.336 e. The third-order valence-electron chi connectivity index (χ3n) is 4.01.